The Kier molecular flexibility index (Phi) is 3.62. The number of halogens is 2. The maximum Gasteiger partial charge on any atom is 0.252 e. The van der Waals surface area contributed by atoms with Crippen molar-refractivity contribution in [2.45, 2.75) is 0 Å². The molecule has 2 rings (SSSR count). The van der Waals surface area contributed by atoms with Crippen molar-refractivity contribution in [2.75, 3.05) is 0 Å². The fraction of sp³-hybridized carbons (Fsp3) is 0. The minimum absolute atomic E-state index is 0.248. The third kappa shape index (κ3) is 2.87. The first-order valence-electron chi connectivity index (χ1n) is 5.09. The van der Waals surface area contributed by atoms with Crippen molar-refractivity contribution in [2.24, 2.45) is 5.73 Å². The van der Waals surface area contributed by atoms with Crippen molar-refractivity contribution >= 4 is 21.8 Å². The van der Waals surface area contributed by atoms with Gasteiger partial charge in [0.15, 0.2) is 0 Å². The van der Waals surface area contributed by atoms with Crippen LogP contribution in [0.4, 0.5) is 4.39 Å². The Bertz CT molecular complexity index is 581. The Morgan fingerprint density at radius 3 is 2.61 bits per heavy atom. The summed E-state index contributed by atoms with van der Waals surface area (Å²) in [7, 11) is 0. The molecule has 2 aromatic rings. The number of para-hydroxylation sites is 1. The number of amides is 1. The summed E-state index contributed by atoms with van der Waals surface area (Å²) in [5.74, 6) is -0.449. The number of carbonyl (C=O) groups excluding carboxylic acids is 1. The molecule has 0 atom stereocenters. The minimum Gasteiger partial charge on any atom is -0.456 e. The van der Waals surface area contributed by atoms with Gasteiger partial charge in [-0.15, -0.1) is 0 Å². The van der Waals surface area contributed by atoms with E-state index in [0.717, 1.165) is 0 Å². The van der Waals surface area contributed by atoms with E-state index >= 15 is 0 Å². The average molecular weight is 310 g/mol. The topological polar surface area (TPSA) is 52.3 Å². The number of primary amides is 1. The van der Waals surface area contributed by atoms with Gasteiger partial charge in [-0.05, 0) is 24.3 Å². The van der Waals surface area contributed by atoms with Crippen LogP contribution in [-0.2, 0) is 0 Å². The lowest BCUT2D eigenvalue weighted by Gasteiger charge is -2.09. The molecule has 18 heavy (non-hydrogen) atoms. The van der Waals surface area contributed by atoms with Crippen LogP contribution >= 0.6 is 15.9 Å². The average Bonchev–Trinajstić information content (AvgIpc) is 2.27. The summed E-state index contributed by atoms with van der Waals surface area (Å²) < 4.78 is 19.2. The molecule has 0 aliphatic carbocycles. The van der Waals surface area contributed by atoms with Crippen LogP contribution < -0.4 is 10.5 Å². The second kappa shape index (κ2) is 5.18. The monoisotopic (exact) mass is 309 g/mol. The van der Waals surface area contributed by atoms with Gasteiger partial charge in [-0.2, -0.15) is 0 Å². The molecule has 0 aromatic heterocycles. The van der Waals surface area contributed by atoms with Crippen molar-refractivity contribution < 1.29 is 13.9 Å². The molecule has 5 heteroatoms. The van der Waals surface area contributed by atoms with E-state index in [9.17, 15) is 9.18 Å². The van der Waals surface area contributed by atoms with E-state index in [-0.39, 0.29) is 11.3 Å². The first-order valence-corrected chi connectivity index (χ1v) is 5.88. The molecule has 0 fully saturated rings. The third-order valence-corrected chi connectivity index (χ3v) is 2.67. The van der Waals surface area contributed by atoms with Crippen molar-refractivity contribution in [3.05, 3.63) is 58.3 Å². The quantitative estimate of drug-likeness (QED) is 0.943. The Morgan fingerprint density at radius 1 is 1.22 bits per heavy atom. The van der Waals surface area contributed by atoms with Gasteiger partial charge in [0.25, 0.3) is 5.91 Å². The van der Waals surface area contributed by atoms with Gasteiger partial charge >= 0.3 is 0 Å². The molecule has 0 aliphatic heterocycles. The van der Waals surface area contributed by atoms with Gasteiger partial charge in [0.2, 0.25) is 0 Å². The number of carbonyl (C=O) groups is 1. The first-order chi connectivity index (χ1) is 8.56. The van der Waals surface area contributed by atoms with E-state index in [4.69, 9.17) is 10.5 Å². The van der Waals surface area contributed by atoms with Gasteiger partial charge in [-0.3, -0.25) is 4.79 Å². The van der Waals surface area contributed by atoms with E-state index in [1.807, 2.05) is 0 Å². The maximum absolute atomic E-state index is 13.2. The molecule has 0 heterocycles. The summed E-state index contributed by atoms with van der Waals surface area (Å²) in [5, 5.41) is 0. The highest BCUT2D eigenvalue weighted by atomic mass is 79.9. The molecule has 0 radical (unpaired) electrons. The lowest BCUT2D eigenvalue weighted by Crippen LogP contribution is -2.11. The Balaban J connectivity index is 2.37. The summed E-state index contributed by atoms with van der Waals surface area (Å²) in [6.45, 7) is 0. The van der Waals surface area contributed by atoms with Crippen molar-refractivity contribution in [1.29, 1.82) is 0 Å². The summed E-state index contributed by atoms with van der Waals surface area (Å²) in [4.78, 5) is 11.2. The Morgan fingerprint density at radius 2 is 1.94 bits per heavy atom. The van der Waals surface area contributed by atoms with Crippen molar-refractivity contribution in [1.82, 2.24) is 0 Å². The van der Waals surface area contributed by atoms with E-state index in [0.29, 0.717) is 10.2 Å². The van der Waals surface area contributed by atoms with Gasteiger partial charge in [0.1, 0.15) is 17.3 Å². The first kappa shape index (κ1) is 12.6. The van der Waals surface area contributed by atoms with Crippen LogP contribution in [0.3, 0.4) is 0 Å². The van der Waals surface area contributed by atoms with E-state index < -0.39 is 11.7 Å². The molecule has 0 spiro atoms. The standard InChI is InChI=1S/C13H9BrFNO2/c14-8-5-9(15)7-10(6-8)18-12-4-2-1-3-11(12)13(16)17/h1-7H,(H2,16,17). The molecule has 0 unspecified atom stereocenters. The lowest BCUT2D eigenvalue weighted by molar-refractivity contribution is 0.0998. The highest BCUT2D eigenvalue weighted by Crippen LogP contribution is 2.28. The van der Waals surface area contributed by atoms with Gasteiger partial charge in [0, 0.05) is 10.5 Å². The van der Waals surface area contributed by atoms with Crippen LogP contribution in [0.2, 0.25) is 0 Å². The zero-order chi connectivity index (χ0) is 13.1. The third-order valence-electron chi connectivity index (χ3n) is 2.22. The molecule has 0 aliphatic rings. The van der Waals surface area contributed by atoms with Crippen LogP contribution in [-0.4, -0.2) is 5.91 Å². The van der Waals surface area contributed by atoms with E-state index in [1.54, 1.807) is 30.3 Å². The lowest BCUT2D eigenvalue weighted by atomic mass is 10.2. The fourth-order valence-corrected chi connectivity index (χ4v) is 1.92. The van der Waals surface area contributed by atoms with Gasteiger partial charge in [0.05, 0.1) is 5.56 Å². The highest BCUT2D eigenvalue weighted by molar-refractivity contribution is 9.10. The summed E-state index contributed by atoms with van der Waals surface area (Å²) in [6.07, 6.45) is 0. The van der Waals surface area contributed by atoms with Crippen LogP contribution in [0.25, 0.3) is 0 Å². The number of hydrogen-bond donors (Lipinski definition) is 1. The second-order valence-electron chi connectivity index (χ2n) is 3.57. The SMILES string of the molecule is NC(=O)c1ccccc1Oc1cc(F)cc(Br)c1. The van der Waals surface area contributed by atoms with Gasteiger partial charge in [-0.25, -0.2) is 4.39 Å². The predicted octanol–water partition coefficient (Wildman–Crippen LogP) is 3.48. The second-order valence-corrected chi connectivity index (χ2v) is 4.48. The van der Waals surface area contributed by atoms with E-state index in [2.05, 4.69) is 15.9 Å². The molecule has 1 amide bonds. The summed E-state index contributed by atoms with van der Waals surface area (Å²) in [6, 6.07) is 10.7. The molecular weight excluding hydrogens is 301 g/mol. The Labute approximate surface area is 112 Å². The minimum atomic E-state index is -0.596. The molecule has 3 nitrogen and oxygen atoms in total. The predicted molar refractivity (Wildman–Crippen MR) is 69.1 cm³/mol. The summed E-state index contributed by atoms with van der Waals surface area (Å²) >= 11 is 3.16. The molecule has 92 valence electrons. The zero-order valence-corrected chi connectivity index (χ0v) is 10.8. The smallest absolute Gasteiger partial charge is 0.252 e. The van der Waals surface area contributed by atoms with E-state index in [1.165, 1.54) is 12.1 Å². The largest absolute Gasteiger partial charge is 0.456 e. The molecule has 2 aromatic carbocycles. The van der Waals surface area contributed by atoms with Crippen LogP contribution in [0.15, 0.2) is 46.9 Å². The normalized spacial score (nSPS) is 10.1. The zero-order valence-electron chi connectivity index (χ0n) is 9.19. The van der Waals surface area contributed by atoms with Gasteiger partial charge < -0.3 is 10.5 Å². The number of benzene rings is 2. The van der Waals surface area contributed by atoms with Gasteiger partial charge in [-0.1, -0.05) is 28.1 Å². The fourth-order valence-electron chi connectivity index (χ4n) is 1.47. The van der Waals surface area contributed by atoms with Crippen LogP contribution in [0.1, 0.15) is 10.4 Å². The van der Waals surface area contributed by atoms with Crippen molar-refractivity contribution in [3.8, 4) is 11.5 Å². The molecule has 0 saturated heterocycles. The number of hydrogen-bond acceptors (Lipinski definition) is 2. The molecule has 0 saturated carbocycles. The molecule has 2 N–H and O–H groups in total. The summed E-state index contributed by atoms with van der Waals surface area (Å²) in [5.41, 5.74) is 5.47. The number of rotatable bonds is 3. The van der Waals surface area contributed by atoms with Crippen molar-refractivity contribution in [3.63, 3.8) is 0 Å². The maximum atomic E-state index is 13.2. The highest BCUT2D eigenvalue weighted by Gasteiger charge is 2.10. The van der Waals surface area contributed by atoms with Crippen LogP contribution in [0, 0.1) is 5.82 Å². The molecule has 0 bridgehead atoms. The Hall–Kier alpha value is -1.88. The van der Waals surface area contributed by atoms with Crippen LogP contribution in [0.5, 0.6) is 11.5 Å². The molecular formula is C13H9BrFNO2. The number of ether oxygens (including phenoxy) is 1. The number of nitrogens with two attached hydrogens (primary N) is 1.